The lowest BCUT2D eigenvalue weighted by molar-refractivity contribution is 0.0494. The molecule has 25 heavy (non-hydrogen) atoms. The molecule has 0 aliphatic heterocycles. The number of carbonyl (C=O) groups excluding carboxylic acids is 1. The summed E-state index contributed by atoms with van der Waals surface area (Å²) in [4.78, 5) is 15.2. The van der Waals surface area contributed by atoms with E-state index in [-0.39, 0.29) is 5.97 Å². The molecule has 0 aliphatic carbocycles. The second kappa shape index (κ2) is 8.13. The van der Waals surface area contributed by atoms with E-state index >= 15 is 0 Å². The minimum Gasteiger partial charge on any atom is -0.462 e. The second-order valence-electron chi connectivity index (χ2n) is 6.21. The second-order valence-corrected chi connectivity index (χ2v) is 6.21. The van der Waals surface area contributed by atoms with Crippen molar-refractivity contribution in [2.75, 3.05) is 26.2 Å². The molecule has 0 unspecified atom stereocenters. The summed E-state index contributed by atoms with van der Waals surface area (Å²) < 4.78 is 5.62. The highest BCUT2D eigenvalue weighted by atomic mass is 16.5. The van der Waals surface area contributed by atoms with Gasteiger partial charge in [0, 0.05) is 6.54 Å². The summed E-state index contributed by atoms with van der Waals surface area (Å²) in [6.45, 7) is 7.76. The van der Waals surface area contributed by atoms with Gasteiger partial charge in [0.2, 0.25) is 0 Å². The number of hydrogen-bond acceptors (Lipinski definition) is 3. The minimum atomic E-state index is -0.229. The Kier molecular flexibility index (Phi) is 5.67. The Morgan fingerprint density at radius 1 is 0.920 bits per heavy atom. The fourth-order valence-corrected chi connectivity index (χ4v) is 3.30. The Morgan fingerprint density at radius 3 is 2.04 bits per heavy atom. The van der Waals surface area contributed by atoms with Gasteiger partial charge in [0.05, 0.1) is 12.2 Å². The van der Waals surface area contributed by atoms with Crippen LogP contribution in [0.5, 0.6) is 0 Å². The van der Waals surface area contributed by atoms with Crippen molar-refractivity contribution in [3.05, 3.63) is 60.2 Å². The van der Waals surface area contributed by atoms with Crippen LogP contribution in [0.15, 0.2) is 54.6 Å². The summed E-state index contributed by atoms with van der Waals surface area (Å²) in [6, 6.07) is 18.1. The van der Waals surface area contributed by atoms with Crippen molar-refractivity contribution in [3.63, 3.8) is 0 Å². The average Bonchev–Trinajstić information content (AvgIpc) is 2.66. The largest absolute Gasteiger partial charge is 0.462 e. The zero-order valence-corrected chi connectivity index (χ0v) is 15.0. The Hall–Kier alpha value is -2.39. The number of hydrogen-bond donors (Lipinski definition) is 0. The van der Waals surface area contributed by atoms with Crippen molar-refractivity contribution in [2.24, 2.45) is 0 Å². The Morgan fingerprint density at radius 2 is 1.48 bits per heavy atom. The third-order valence-corrected chi connectivity index (χ3v) is 4.72. The van der Waals surface area contributed by atoms with E-state index in [2.05, 4.69) is 24.8 Å². The summed E-state index contributed by atoms with van der Waals surface area (Å²) in [6.07, 6.45) is 0.857. The third kappa shape index (κ3) is 3.83. The van der Waals surface area contributed by atoms with Crippen molar-refractivity contribution in [1.29, 1.82) is 0 Å². The molecule has 3 nitrogen and oxygen atoms in total. The Labute approximate surface area is 149 Å². The molecular formula is C22H25NO2. The predicted octanol–water partition coefficient (Wildman–Crippen LogP) is 4.88. The first kappa shape index (κ1) is 17.4. The van der Waals surface area contributed by atoms with Gasteiger partial charge in [-0.1, -0.05) is 62.4 Å². The van der Waals surface area contributed by atoms with Gasteiger partial charge in [-0.2, -0.15) is 0 Å². The van der Waals surface area contributed by atoms with Crippen LogP contribution in [0.4, 0.5) is 0 Å². The first-order valence-electron chi connectivity index (χ1n) is 9.04. The van der Waals surface area contributed by atoms with E-state index in [0.717, 1.165) is 47.6 Å². The number of carbonyl (C=O) groups is 1. The molecule has 3 rings (SSSR count). The molecule has 3 heteroatoms. The molecule has 0 fully saturated rings. The van der Waals surface area contributed by atoms with Crippen LogP contribution >= 0.6 is 0 Å². The van der Waals surface area contributed by atoms with Crippen molar-refractivity contribution >= 4 is 27.5 Å². The zero-order valence-electron chi connectivity index (χ0n) is 15.0. The van der Waals surface area contributed by atoms with Crippen molar-refractivity contribution in [3.8, 4) is 0 Å². The van der Waals surface area contributed by atoms with Crippen molar-refractivity contribution < 1.29 is 9.53 Å². The van der Waals surface area contributed by atoms with Gasteiger partial charge in [-0.05, 0) is 47.1 Å². The van der Waals surface area contributed by atoms with Gasteiger partial charge < -0.3 is 9.64 Å². The monoisotopic (exact) mass is 335 g/mol. The Bertz CT molecular complexity index is 814. The van der Waals surface area contributed by atoms with Crippen molar-refractivity contribution in [2.45, 2.75) is 20.3 Å². The summed E-state index contributed by atoms with van der Waals surface area (Å²) in [7, 11) is 0. The van der Waals surface area contributed by atoms with Crippen LogP contribution in [0.2, 0.25) is 0 Å². The van der Waals surface area contributed by atoms with Gasteiger partial charge >= 0.3 is 5.97 Å². The van der Waals surface area contributed by atoms with Crippen LogP contribution in [0, 0.1) is 0 Å². The minimum absolute atomic E-state index is 0.229. The smallest absolute Gasteiger partial charge is 0.339 e. The molecule has 0 saturated carbocycles. The summed E-state index contributed by atoms with van der Waals surface area (Å²) in [5.41, 5.74) is 0.677. The van der Waals surface area contributed by atoms with E-state index in [4.69, 9.17) is 4.74 Å². The molecule has 3 aromatic rings. The highest BCUT2D eigenvalue weighted by Crippen LogP contribution is 2.29. The van der Waals surface area contributed by atoms with Crippen LogP contribution in [0.3, 0.4) is 0 Å². The van der Waals surface area contributed by atoms with Crippen LogP contribution in [-0.4, -0.2) is 37.1 Å². The van der Waals surface area contributed by atoms with Gasteiger partial charge in [-0.3, -0.25) is 0 Å². The van der Waals surface area contributed by atoms with Gasteiger partial charge in [0.15, 0.2) is 0 Å². The first-order chi connectivity index (χ1) is 12.2. The Balaban J connectivity index is 1.84. The van der Waals surface area contributed by atoms with Gasteiger partial charge in [-0.15, -0.1) is 0 Å². The molecule has 0 N–H and O–H groups in total. The highest BCUT2D eigenvalue weighted by molar-refractivity contribution is 6.16. The van der Waals surface area contributed by atoms with Gasteiger partial charge in [0.25, 0.3) is 0 Å². The summed E-state index contributed by atoms with van der Waals surface area (Å²) in [5, 5.41) is 4.04. The zero-order chi connectivity index (χ0) is 17.6. The molecule has 0 aromatic heterocycles. The first-order valence-corrected chi connectivity index (χ1v) is 9.04. The summed E-state index contributed by atoms with van der Waals surface area (Å²) >= 11 is 0. The molecule has 0 atom stereocenters. The SMILES string of the molecule is CCN(CC)CCCOC(=O)c1c2ccccc2cc2ccccc12. The fourth-order valence-electron chi connectivity index (χ4n) is 3.30. The van der Waals surface area contributed by atoms with E-state index in [1.54, 1.807) is 0 Å². The summed E-state index contributed by atoms with van der Waals surface area (Å²) in [5.74, 6) is -0.229. The number of esters is 1. The maximum Gasteiger partial charge on any atom is 0.339 e. The normalized spacial score (nSPS) is 11.3. The quantitative estimate of drug-likeness (QED) is 0.350. The molecule has 0 amide bonds. The molecule has 3 aromatic carbocycles. The van der Waals surface area contributed by atoms with E-state index in [1.165, 1.54) is 0 Å². The fraction of sp³-hybridized carbons (Fsp3) is 0.318. The number of benzene rings is 3. The lowest BCUT2D eigenvalue weighted by atomic mass is 9.97. The number of ether oxygens (including phenoxy) is 1. The molecule has 0 spiro atoms. The predicted molar refractivity (Wildman–Crippen MR) is 104 cm³/mol. The van der Waals surface area contributed by atoms with Crippen LogP contribution in [0.1, 0.15) is 30.6 Å². The van der Waals surface area contributed by atoms with Gasteiger partial charge in [-0.25, -0.2) is 4.79 Å². The molecule has 0 aliphatic rings. The molecule has 0 bridgehead atoms. The molecule has 130 valence electrons. The molecule has 0 radical (unpaired) electrons. The number of rotatable bonds is 7. The van der Waals surface area contributed by atoms with Gasteiger partial charge in [0.1, 0.15) is 0 Å². The topological polar surface area (TPSA) is 29.5 Å². The van der Waals surface area contributed by atoms with Crippen molar-refractivity contribution in [1.82, 2.24) is 4.90 Å². The van der Waals surface area contributed by atoms with E-state index in [1.807, 2.05) is 48.5 Å². The van der Waals surface area contributed by atoms with Crippen LogP contribution < -0.4 is 0 Å². The van der Waals surface area contributed by atoms with Crippen LogP contribution in [0.25, 0.3) is 21.5 Å². The maximum absolute atomic E-state index is 12.8. The maximum atomic E-state index is 12.8. The van der Waals surface area contributed by atoms with E-state index in [0.29, 0.717) is 12.2 Å². The lowest BCUT2D eigenvalue weighted by Gasteiger charge is -2.17. The molecule has 0 heterocycles. The number of fused-ring (bicyclic) bond motifs is 2. The highest BCUT2D eigenvalue weighted by Gasteiger charge is 2.16. The average molecular weight is 335 g/mol. The van der Waals surface area contributed by atoms with E-state index < -0.39 is 0 Å². The lowest BCUT2D eigenvalue weighted by Crippen LogP contribution is -2.25. The van der Waals surface area contributed by atoms with E-state index in [9.17, 15) is 4.79 Å². The molecular weight excluding hydrogens is 310 g/mol. The van der Waals surface area contributed by atoms with Crippen LogP contribution in [-0.2, 0) is 4.74 Å². The third-order valence-electron chi connectivity index (χ3n) is 4.72. The number of nitrogens with zero attached hydrogens (tertiary/aromatic N) is 1. The standard InChI is InChI=1S/C22H25NO2/c1-3-23(4-2)14-9-15-25-22(24)21-19-12-7-5-10-17(19)16-18-11-6-8-13-20(18)21/h5-8,10-13,16H,3-4,9,14-15H2,1-2H3. The molecule has 0 saturated heterocycles.